The van der Waals surface area contributed by atoms with E-state index in [1.165, 1.54) is 13.0 Å². The Labute approximate surface area is 143 Å². The van der Waals surface area contributed by atoms with E-state index in [2.05, 4.69) is 10.5 Å². The topological polar surface area (TPSA) is 50.7 Å². The number of oxime groups is 1. The van der Waals surface area contributed by atoms with E-state index < -0.39 is 11.7 Å². The number of amides is 1. The highest BCUT2D eigenvalue weighted by Gasteiger charge is 2.30. The predicted octanol–water partition coefficient (Wildman–Crippen LogP) is 4.60. The second kappa shape index (κ2) is 7.83. The first-order chi connectivity index (χ1) is 11.8. The van der Waals surface area contributed by atoms with Crippen molar-refractivity contribution in [1.29, 1.82) is 0 Å². The van der Waals surface area contributed by atoms with Gasteiger partial charge in [0.15, 0.2) is 0 Å². The van der Waals surface area contributed by atoms with Crippen molar-refractivity contribution in [2.24, 2.45) is 5.16 Å². The van der Waals surface area contributed by atoms with Gasteiger partial charge in [0.1, 0.15) is 6.61 Å². The molecule has 4 nitrogen and oxygen atoms in total. The molecule has 0 heterocycles. The molecule has 25 heavy (non-hydrogen) atoms. The summed E-state index contributed by atoms with van der Waals surface area (Å²) in [5, 5.41) is 6.57. The summed E-state index contributed by atoms with van der Waals surface area (Å²) in [6.45, 7) is 3.08. The van der Waals surface area contributed by atoms with Crippen molar-refractivity contribution < 1.29 is 22.8 Å². The second-order valence-corrected chi connectivity index (χ2v) is 5.41. The lowest BCUT2D eigenvalue weighted by Crippen LogP contribution is -2.06. The zero-order chi connectivity index (χ0) is 18.4. The number of anilines is 1. The first-order valence-electron chi connectivity index (χ1n) is 7.46. The van der Waals surface area contributed by atoms with Gasteiger partial charge in [0.05, 0.1) is 11.3 Å². The van der Waals surface area contributed by atoms with Crippen molar-refractivity contribution in [3.8, 4) is 0 Å². The fourth-order valence-electron chi connectivity index (χ4n) is 2.09. The largest absolute Gasteiger partial charge is 0.416 e. The molecule has 0 saturated heterocycles. The number of nitrogens with zero attached hydrogens (tertiary/aromatic N) is 1. The number of nitrogens with one attached hydrogen (secondary N) is 1. The van der Waals surface area contributed by atoms with Crippen molar-refractivity contribution in [3.05, 3.63) is 65.2 Å². The van der Waals surface area contributed by atoms with Gasteiger partial charge in [0.25, 0.3) is 0 Å². The van der Waals surface area contributed by atoms with Crippen molar-refractivity contribution in [2.75, 3.05) is 5.32 Å². The van der Waals surface area contributed by atoms with Gasteiger partial charge in [-0.2, -0.15) is 13.2 Å². The van der Waals surface area contributed by atoms with Crippen LogP contribution in [0.1, 0.15) is 30.5 Å². The summed E-state index contributed by atoms with van der Waals surface area (Å²) in [6, 6.07) is 11.9. The molecule has 0 aliphatic carbocycles. The van der Waals surface area contributed by atoms with Crippen LogP contribution in [0.15, 0.2) is 53.7 Å². The monoisotopic (exact) mass is 350 g/mol. The maximum atomic E-state index is 12.7. The molecule has 0 bridgehead atoms. The van der Waals surface area contributed by atoms with Crippen molar-refractivity contribution >= 4 is 17.3 Å². The maximum absolute atomic E-state index is 12.7. The highest BCUT2D eigenvalue weighted by molar-refractivity contribution is 5.99. The first kappa shape index (κ1) is 18.5. The highest BCUT2D eigenvalue weighted by atomic mass is 19.4. The van der Waals surface area contributed by atoms with Gasteiger partial charge in [-0.15, -0.1) is 0 Å². The summed E-state index contributed by atoms with van der Waals surface area (Å²) in [7, 11) is 0. The second-order valence-electron chi connectivity index (χ2n) is 5.41. The fraction of sp³-hybridized carbons (Fsp3) is 0.222. The Hall–Kier alpha value is -2.83. The van der Waals surface area contributed by atoms with Crippen LogP contribution in [0.4, 0.5) is 18.9 Å². The minimum absolute atomic E-state index is 0.0643. The first-order valence-corrected chi connectivity index (χ1v) is 7.46. The van der Waals surface area contributed by atoms with Crippen LogP contribution in [0.3, 0.4) is 0 Å². The lowest BCUT2D eigenvalue weighted by Gasteiger charge is -2.08. The molecule has 0 fully saturated rings. The predicted molar refractivity (Wildman–Crippen MR) is 89.2 cm³/mol. The van der Waals surface area contributed by atoms with Crippen LogP contribution < -0.4 is 5.32 Å². The Morgan fingerprint density at radius 2 is 1.80 bits per heavy atom. The number of alkyl halides is 3. The third kappa shape index (κ3) is 5.63. The molecule has 0 aliphatic rings. The standard InChI is InChI=1S/C18H17F3N2O2/c1-12(15-6-8-17(9-7-15)22-13(2)24)23-25-11-14-4-3-5-16(10-14)18(19,20)21/h3-10H,11H2,1-2H3,(H,22,24)/b23-12-. The average Bonchev–Trinajstić information content (AvgIpc) is 2.54. The average molecular weight is 350 g/mol. The maximum Gasteiger partial charge on any atom is 0.416 e. The minimum Gasteiger partial charge on any atom is -0.391 e. The van der Waals surface area contributed by atoms with Crippen molar-refractivity contribution in [3.63, 3.8) is 0 Å². The smallest absolute Gasteiger partial charge is 0.391 e. The number of carbonyl (C=O) groups excluding carboxylic acids is 1. The van der Waals surface area contributed by atoms with Gasteiger partial charge in [-0.05, 0) is 42.3 Å². The van der Waals surface area contributed by atoms with Crippen LogP contribution in [0, 0.1) is 0 Å². The third-order valence-electron chi connectivity index (χ3n) is 3.31. The Balaban J connectivity index is 1.98. The molecular formula is C18H17F3N2O2. The third-order valence-corrected chi connectivity index (χ3v) is 3.31. The zero-order valence-electron chi connectivity index (χ0n) is 13.7. The minimum atomic E-state index is -4.38. The van der Waals surface area contributed by atoms with Gasteiger partial charge >= 0.3 is 6.18 Å². The van der Waals surface area contributed by atoms with Crippen LogP contribution in [0.5, 0.6) is 0 Å². The molecule has 0 aromatic heterocycles. The molecule has 0 aliphatic heterocycles. The number of rotatable bonds is 5. The molecule has 2 aromatic rings. The van der Waals surface area contributed by atoms with Crippen LogP contribution in [0.2, 0.25) is 0 Å². The molecule has 0 atom stereocenters. The normalized spacial score (nSPS) is 12.0. The van der Waals surface area contributed by atoms with Crippen LogP contribution in [-0.2, 0) is 22.4 Å². The number of halogens is 3. The summed E-state index contributed by atoms with van der Waals surface area (Å²) in [6.07, 6.45) is -4.38. The van der Waals surface area contributed by atoms with Crippen molar-refractivity contribution in [1.82, 2.24) is 0 Å². The summed E-state index contributed by atoms with van der Waals surface area (Å²) in [5.41, 5.74) is 1.67. The van der Waals surface area contributed by atoms with E-state index >= 15 is 0 Å². The van der Waals surface area contributed by atoms with E-state index in [4.69, 9.17) is 4.84 Å². The molecule has 2 aromatic carbocycles. The van der Waals surface area contributed by atoms with Crippen LogP contribution >= 0.6 is 0 Å². The molecule has 7 heteroatoms. The van der Waals surface area contributed by atoms with E-state index in [-0.39, 0.29) is 12.5 Å². The Bertz CT molecular complexity index is 769. The van der Waals surface area contributed by atoms with Gasteiger partial charge in [0, 0.05) is 12.6 Å². The molecule has 0 saturated carbocycles. The molecular weight excluding hydrogens is 333 g/mol. The number of carbonyl (C=O) groups is 1. The van der Waals surface area contributed by atoms with Gasteiger partial charge in [0.2, 0.25) is 5.91 Å². The summed E-state index contributed by atoms with van der Waals surface area (Å²) >= 11 is 0. The number of hydrogen-bond acceptors (Lipinski definition) is 3. The lowest BCUT2D eigenvalue weighted by molar-refractivity contribution is -0.137. The van der Waals surface area contributed by atoms with Gasteiger partial charge in [-0.1, -0.05) is 29.4 Å². The zero-order valence-corrected chi connectivity index (χ0v) is 13.7. The molecule has 0 radical (unpaired) electrons. The van der Waals surface area contributed by atoms with Gasteiger partial charge in [-0.3, -0.25) is 4.79 Å². The molecule has 0 spiro atoms. The van der Waals surface area contributed by atoms with Crippen molar-refractivity contribution in [2.45, 2.75) is 26.6 Å². The van der Waals surface area contributed by atoms with E-state index in [0.29, 0.717) is 17.0 Å². The molecule has 2 rings (SSSR count). The highest BCUT2D eigenvalue weighted by Crippen LogP contribution is 2.29. The van der Waals surface area contributed by atoms with E-state index in [1.807, 2.05) is 0 Å². The Morgan fingerprint density at radius 3 is 2.40 bits per heavy atom. The Kier molecular flexibility index (Phi) is 5.80. The quantitative estimate of drug-likeness (QED) is 0.633. The number of hydrogen-bond donors (Lipinski definition) is 1. The van der Waals surface area contributed by atoms with E-state index in [0.717, 1.165) is 17.7 Å². The molecule has 1 N–H and O–H groups in total. The number of benzene rings is 2. The molecule has 0 unspecified atom stereocenters. The summed E-state index contributed by atoms with van der Waals surface area (Å²) in [5.74, 6) is -0.164. The van der Waals surface area contributed by atoms with Crippen LogP contribution in [0.25, 0.3) is 0 Å². The molecule has 132 valence electrons. The fourth-order valence-corrected chi connectivity index (χ4v) is 2.09. The lowest BCUT2D eigenvalue weighted by atomic mass is 10.1. The van der Waals surface area contributed by atoms with E-state index in [9.17, 15) is 18.0 Å². The van der Waals surface area contributed by atoms with Crippen LogP contribution in [-0.4, -0.2) is 11.6 Å². The van der Waals surface area contributed by atoms with E-state index in [1.54, 1.807) is 37.3 Å². The molecule has 1 amide bonds. The van der Waals surface area contributed by atoms with Gasteiger partial charge < -0.3 is 10.2 Å². The Morgan fingerprint density at radius 1 is 1.12 bits per heavy atom. The van der Waals surface area contributed by atoms with Gasteiger partial charge in [-0.25, -0.2) is 0 Å². The SMILES string of the molecule is CC(=O)Nc1ccc(/C(C)=N\OCc2cccc(C(F)(F)F)c2)cc1. The summed E-state index contributed by atoms with van der Waals surface area (Å²) in [4.78, 5) is 16.1. The summed E-state index contributed by atoms with van der Waals surface area (Å²) < 4.78 is 38.0.